The lowest BCUT2D eigenvalue weighted by molar-refractivity contribution is -0.159. The van der Waals surface area contributed by atoms with E-state index in [0.29, 0.717) is 37.2 Å². The number of ether oxygens (including phenoxy) is 3. The molecule has 4 aromatic rings. The summed E-state index contributed by atoms with van der Waals surface area (Å²) >= 11 is 0. The second kappa shape index (κ2) is 10.1. The maximum Gasteiger partial charge on any atom is 0.255 e. The van der Waals surface area contributed by atoms with Gasteiger partial charge in [-0.3, -0.25) is 9.20 Å². The monoisotopic (exact) mass is 529 g/mol. The minimum absolute atomic E-state index is 0.141. The van der Waals surface area contributed by atoms with Gasteiger partial charge in [-0.1, -0.05) is 30.3 Å². The van der Waals surface area contributed by atoms with Gasteiger partial charge in [-0.2, -0.15) is 0 Å². The summed E-state index contributed by atoms with van der Waals surface area (Å²) in [6, 6.07) is 13.4. The summed E-state index contributed by atoms with van der Waals surface area (Å²) in [6.45, 7) is 1.51. The van der Waals surface area contributed by atoms with Crippen LogP contribution in [0.5, 0.6) is 5.75 Å². The normalized spacial score (nSPS) is 16.4. The molecule has 39 heavy (non-hydrogen) atoms. The van der Waals surface area contributed by atoms with E-state index in [-0.39, 0.29) is 12.1 Å². The minimum Gasteiger partial charge on any atom is -0.496 e. The number of carbonyl (C=O) groups is 1. The molecule has 2 aromatic carbocycles. The third-order valence-corrected chi connectivity index (χ3v) is 7.21. The number of hydrogen-bond acceptors (Lipinski definition) is 7. The van der Waals surface area contributed by atoms with Crippen LogP contribution in [0.3, 0.4) is 0 Å². The number of hydrogen-bond donors (Lipinski definition) is 2. The van der Waals surface area contributed by atoms with E-state index in [4.69, 9.17) is 24.9 Å². The van der Waals surface area contributed by atoms with Crippen LogP contribution >= 0.6 is 0 Å². The van der Waals surface area contributed by atoms with Crippen molar-refractivity contribution in [2.75, 3.05) is 26.1 Å². The number of nitrogens with one attached hydrogen (secondary N) is 1. The standard InChI is InChI=1S/C29H28FN5O4/c1-37-24-7-6-21(30)16-22(24)27(36)33-17-18-2-4-20(5-3-18)26-34-25(23-10-13-32-28(31)35(23)26)19-8-11-29(12-9-19)38-14-15-39-29/h2-8,10,13,16H,9,11-12,14-15,17H2,1H3,(H2,31,32)(H,33,36). The van der Waals surface area contributed by atoms with E-state index in [1.165, 1.54) is 19.2 Å². The van der Waals surface area contributed by atoms with Crippen LogP contribution in [0.1, 0.15) is 40.9 Å². The molecule has 1 aliphatic heterocycles. The van der Waals surface area contributed by atoms with Crippen LogP contribution in [0, 0.1) is 5.82 Å². The molecule has 3 heterocycles. The smallest absolute Gasteiger partial charge is 0.255 e. The molecule has 0 atom stereocenters. The zero-order chi connectivity index (χ0) is 27.0. The average molecular weight is 530 g/mol. The first-order chi connectivity index (χ1) is 19.0. The highest BCUT2D eigenvalue weighted by Crippen LogP contribution is 2.40. The Morgan fingerprint density at radius 1 is 1.18 bits per heavy atom. The van der Waals surface area contributed by atoms with Crippen molar-refractivity contribution < 1.29 is 23.4 Å². The third-order valence-electron chi connectivity index (χ3n) is 7.21. The Hall–Kier alpha value is -4.28. The van der Waals surface area contributed by atoms with Gasteiger partial charge in [0.15, 0.2) is 5.79 Å². The Balaban J connectivity index is 1.24. The van der Waals surface area contributed by atoms with E-state index in [1.807, 2.05) is 34.7 Å². The molecule has 2 aromatic heterocycles. The third kappa shape index (κ3) is 4.73. The lowest BCUT2D eigenvalue weighted by Crippen LogP contribution is -2.31. The summed E-state index contributed by atoms with van der Waals surface area (Å²) < 4.78 is 32.4. The van der Waals surface area contributed by atoms with Gasteiger partial charge in [-0.15, -0.1) is 0 Å². The SMILES string of the molecule is COc1ccc(F)cc1C(=O)NCc1ccc(-c2nc(C3=CCC4(CC3)OCCO4)c3ccnc(N)n23)cc1. The molecule has 0 saturated carbocycles. The van der Waals surface area contributed by atoms with Crippen molar-refractivity contribution in [3.8, 4) is 17.1 Å². The van der Waals surface area contributed by atoms with Crippen LogP contribution in [0.15, 0.2) is 60.8 Å². The molecule has 1 aliphatic carbocycles. The number of aromatic nitrogens is 3. The fourth-order valence-electron chi connectivity index (χ4n) is 5.18. The van der Waals surface area contributed by atoms with Crippen LogP contribution in [0.4, 0.5) is 10.3 Å². The Labute approximate surface area is 224 Å². The number of allylic oxidation sites excluding steroid dienone is 1. The maximum atomic E-state index is 13.7. The van der Waals surface area contributed by atoms with Crippen molar-refractivity contribution >= 4 is 22.9 Å². The van der Waals surface area contributed by atoms with Gasteiger partial charge in [0.05, 0.1) is 37.1 Å². The molecule has 1 amide bonds. The summed E-state index contributed by atoms with van der Waals surface area (Å²) in [7, 11) is 1.44. The number of halogens is 1. The predicted molar refractivity (Wildman–Crippen MR) is 143 cm³/mol. The molecular weight excluding hydrogens is 501 g/mol. The molecule has 9 nitrogen and oxygen atoms in total. The zero-order valence-electron chi connectivity index (χ0n) is 21.4. The van der Waals surface area contributed by atoms with Gasteiger partial charge in [0, 0.05) is 31.1 Å². The topological polar surface area (TPSA) is 113 Å². The van der Waals surface area contributed by atoms with E-state index in [1.54, 1.807) is 6.20 Å². The molecule has 1 fully saturated rings. The summed E-state index contributed by atoms with van der Waals surface area (Å²) in [4.78, 5) is 21.9. The number of amides is 1. The van der Waals surface area contributed by atoms with Gasteiger partial charge in [-0.05, 0) is 41.8 Å². The van der Waals surface area contributed by atoms with Crippen molar-refractivity contribution in [3.63, 3.8) is 0 Å². The van der Waals surface area contributed by atoms with Crippen LogP contribution < -0.4 is 15.8 Å². The quantitative estimate of drug-likeness (QED) is 0.381. The van der Waals surface area contributed by atoms with Gasteiger partial charge in [0.2, 0.25) is 5.95 Å². The molecule has 0 bridgehead atoms. The van der Waals surface area contributed by atoms with E-state index in [2.05, 4.69) is 16.4 Å². The minimum atomic E-state index is -0.506. The molecule has 0 unspecified atom stereocenters. The molecule has 1 spiro atoms. The summed E-state index contributed by atoms with van der Waals surface area (Å²) in [5.41, 5.74) is 11.0. The van der Waals surface area contributed by atoms with Gasteiger partial charge in [-0.25, -0.2) is 14.4 Å². The number of methoxy groups -OCH3 is 1. The Morgan fingerprint density at radius 2 is 1.97 bits per heavy atom. The fourth-order valence-corrected chi connectivity index (χ4v) is 5.18. The van der Waals surface area contributed by atoms with Crippen LogP contribution in [-0.2, 0) is 16.0 Å². The number of rotatable bonds is 6. The van der Waals surface area contributed by atoms with Crippen LogP contribution in [0.2, 0.25) is 0 Å². The van der Waals surface area contributed by atoms with E-state index < -0.39 is 17.5 Å². The number of carbonyl (C=O) groups excluding carboxylic acids is 1. The largest absolute Gasteiger partial charge is 0.496 e. The molecule has 1 saturated heterocycles. The molecule has 6 rings (SSSR count). The van der Waals surface area contributed by atoms with Crippen LogP contribution in [-0.4, -0.2) is 46.4 Å². The molecule has 3 N–H and O–H groups in total. The van der Waals surface area contributed by atoms with Crippen molar-refractivity contribution in [1.82, 2.24) is 19.7 Å². The average Bonchev–Trinajstić information content (AvgIpc) is 3.58. The second-order valence-electron chi connectivity index (χ2n) is 9.57. The summed E-state index contributed by atoms with van der Waals surface area (Å²) in [6.07, 6.45) is 6.07. The highest BCUT2D eigenvalue weighted by molar-refractivity contribution is 5.96. The van der Waals surface area contributed by atoms with Gasteiger partial charge in [0.25, 0.3) is 5.91 Å². The fraction of sp³-hybridized carbons (Fsp3) is 0.276. The number of imidazole rings is 1. The number of benzene rings is 2. The lowest BCUT2D eigenvalue weighted by atomic mass is 9.92. The lowest BCUT2D eigenvalue weighted by Gasteiger charge is -2.30. The van der Waals surface area contributed by atoms with Crippen molar-refractivity contribution in [2.24, 2.45) is 0 Å². The Bertz CT molecular complexity index is 1570. The highest BCUT2D eigenvalue weighted by atomic mass is 19.1. The number of nitrogens with zero attached hydrogens (tertiary/aromatic N) is 3. The molecular formula is C29H28FN5O4. The first-order valence-corrected chi connectivity index (χ1v) is 12.8. The molecule has 10 heteroatoms. The summed E-state index contributed by atoms with van der Waals surface area (Å²) in [5.74, 6) is -0.0996. The van der Waals surface area contributed by atoms with Gasteiger partial charge >= 0.3 is 0 Å². The van der Waals surface area contributed by atoms with Crippen LogP contribution in [0.25, 0.3) is 22.5 Å². The maximum absolute atomic E-state index is 13.7. The van der Waals surface area contributed by atoms with E-state index in [0.717, 1.165) is 46.8 Å². The summed E-state index contributed by atoms with van der Waals surface area (Å²) in [5, 5.41) is 2.82. The zero-order valence-corrected chi connectivity index (χ0v) is 21.4. The predicted octanol–water partition coefficient (Wildman–Crippen LogP) is 4.37. The van der Waals surface area contributed by atoms with Gasteiger partial charge in [0.1, 0.15) is 17.4 Å². The van der Waals surface area contributed by atoms with Crippen molar-refractivity contribution in [2.45, 2.75) is 31.6 Å². The Morgan fingerprint density at radius 3 is 2.69 bits per heavy atom. The Kier molecular flexibility index (Phi) is 6.49. The number of anilines is 1. The van der Waals surface area contributed by atoms with Gasteiger partial charge < -0.3 is 25.3 Å². The number of nitrogens with two attached hydrogens (primary N) is 1. The van der Waals surface area contributed by atoms with E-state index in [9.17, 15) is 9.18 Å². The highest BCUT2D eigenvalue weighted by Gasteiger charge is 2.38. The van der Waals surface area contributed by atoms with Crippen molar-refractivity contribution in [1.29, 1.82) is 0 Å². The first kappa shape index (κ1) is 25.0. The number of fused-ring (bicyclic) bond motifs is 1. The second-order valence-corrected chi connectivity index (χ2v) is 9.57. The molecule has 0 radical (unpaired) electrons. The van der Waals surface area contributed by atoms with E-state index >= 15 is 0 Å². The first-order valence-electron chi connectivity index (χ1n) is 12.8. The number of nitrogen functional groups attached to an aromatic ring is 1. The molecule has 2 aliphatic rings. The van der Waals surface area contributed by atoms with Crippen molar-refractivity contribution in [3.05, 3.63) is 83.4 Å². The molecule has 200 valence electrons.